The molecule has 0 radical (unpaired) electrons. The summed E-state index contributed by atoms with van der Waals surface area (Å²) in [5.41, 5.74) is 1.16. The molecule has 3 rings (SSSR count). The Balaban J connectivity index is 1.74. The van der Waals surface area contributed by atoms with E-state index in [4.69, 9.17) is 4.74 Å². The number of hydrogen-bond acceptors (Lipinski definition) is 5. The first-order valence-corrected chi connectivity index (χ1v) is 10.5. The lowest BCUT2D eigenvalue weighted by Gasteiger charge is -2.31. The molecule has 1 unspecified atom stereocenters. The third-order valence-corrected chi connectivity index (χ3v) is 6.96. The van der Waals surface area contributed by atoms with E-state index in [-0.39, 0.29) is 16.9 Å². The van der Waals surface area contributed by atoms with E-state index in [9.17, 15) is 13.2 Å². The summed E-state index contributed by atoms with van der Waals surface area (Å²) in [5, 5.41) is 2.87. The lowest BCUT2D eigenvalue weighted by atomic mass is 10.1. The number of rotatable bonds is 5. The Morgan fingerprint density at radius 1 is 1.27 bits per heavy atom. The minimum absolute atomic E-state index is 0.0523. The molecule has 1 aromatic carbocycles. The van der Waals surface area contributed by atoms with Crippen LogP contribution >= 0.6 is 0 Å². The molecule has 1 amide bonds. The summed E-state index contributed by atoms with van der Waals surface area (Å²) in [5.74, 6) is -0.256. The molecule has 7 nitrogen and oxygen atoms in total. The number of carbonyl (C=O) groups excluding carboxylic acids is 1. The molecule has 2 fully saturated rings. The molecule has 1 atom stereocenters. The Labute approximate surface area is 155 Å². The molecule has 26 heavy (non-hydrogen) atoms. The molecule has 0 aliphatic carbocycles. The second-order valence-corrected chi connectivity index (χ2v) is 8.97. The summed E-state index contributed by atoms with van der Waals surface area (Å²) in [6.07, 6.45) is 2.01. The fourth-order valence-electron chi connectivity index (χ4n) is 3.29. The second kappa shape index (κ2) is 8.04. The van der Waals surface area contributed by atoms with E-state index >= 15 is 0 Å². The van der Waals surface area contributed by atoms with Crippen molar-refractivity contribution in [3.63, 3.8) is 0 Å². The number of piperazine rings is 1. The minimum Gasteiger partial charge on any atom is -0.376 e. The van der Waals surface area contributed by atoms with Gasteiger partial charge in [-0.25, -0.2) is 8.42 Å². The first kappa shape index (κ1) is 19.3. The van der Waals surface area contributed by atoms with Gasteiger partial charge in [-0.2, -0.15) is 4.31 Å². The van der Waals surface area contributed by atoms with E-state index in [0.29, 0.717) is 38.3 Å². The SMILES string of the molecule is Cc1ccc(S(=O)(=O)N2CCN(C)CC2)cc1C(=O)NCC1CCCO1. The maximum absolute atomic E-state index is 12.9. The van der Waals surface area contributed by atoms with Crippen molar-refractivity contribution < 1.29 is 17.9 Å². The highest BCUT2D eigenvalue weighted by atomic mass is 32.2. The summed E-state index contributed by atoms with van der Waals surface area (Å²) in [6.45, 7) is 5.35. The molecule has 0 aromatic heterocycles. The first-order chi connectivity index (χ1) is 12.4. The van der Waals surface area contributed by atoms with E-state index in [2.05, 4.69) is 10.2 Å². The molecule has 144 valence electrons. The zero-order chi connectivity index (χ0) is 18.7. The van der Waals surface area contributed by atoms with Crippen LogP contribution in [0.25, 0.3) is 0 Å². The zero-order valence-electron chi connectivity index (χ0n) is 15.4. The molecule has 2 aliphatic rings. The van der Waals surface area contributed by atoms with Gasteiger partial charge in [0.05, 0.1) is 11.0 Å². The Kier molecular flexibility index (Phi) is 5.96. The monoisotopic (exact) mass is 381 g/mol. The lowest BCUT2D eigenvalue weighted by molar-refractivity contribution is 0.0857. The van der Waals surface area contributed by atoms with Crippen LogP contribution in [-0.2, 0) is 14.8 Å². The lowest BCUT2D eigenvalue weighted by Crippen LogP contribution is -2.47. The van der Waals surface area contributed by atoms with Crippen molar-refractivity contribution in [2.75, 3.05) is 46.4 Å². The molecular formula is C18H27N3O4S. The van der Waals surface area contributed by atoms with Gasteiger partial charge in [0.1, 0.15) is 0 Å². The van der Waals surface area contributed by atoms with Gasteiger partial charge in [0, 0.05) is 44.9 Å². The number of hydrogen-bond donors (Lipinski definition) is 1. The van der Waals surface area contributed by atoms with Gasteiger partial charge in [0.2, 0.25) is 10.0 Å². The summed E-state index contributed by atoms with van der Waals surface area (Å²) in [7, 11) is -1.61. The van der Waals surface area contributed by atoms with E-state index in [1.54, 1.807) is 12.1 Å². The van der Waals surface area contributed by atoms with Crippen molar-refractivity contribution in [2.45, 2.75) is 30.8 Å². The van der Waals surface area contributed by atoms with Crippen LogP contribution in [0.2, 0.25) is 0 Å². The van der Waals surface area contributed by atoms with Gasteiger partial charge in [-0.3, -0.25) is 4.79 Å². The van der Waals surface area contributed by atoms with Crippen LogP contribution in [0.4, 0.5) is 0 Å². The van der Waals surface area contributed by atoms with Crippen LogP contribution in [0.1, 0.15) is 28.8 Å². The standard InChI is InChI=1S/C18H27N3O4S/c1-14-5-6-16(26(23,24)21-9-7-20(2)8-10-21)12-17(14)18(22)19-13-15-4-3-11-25-15/h5-6,12,15H,3-4,7-11,13H2,1-2H3,(H,19,22). The highest BCUT2D eigenvalue weighted by molar-refractivity contribution is 7.89. The van der Waals surface area contributed by atoms with E-state index < -0.39 is 10.0 Å². The van der Waals surface area contributed by atoms with E-state index in [1.165, 1.54) is 10.4 Å². The van der Waals surface area contributed by atoms with Crippen molar-refractivity contribution in [1.82, 2.24) is 14.5 Å². The Morgan fingerprint density at radius 3 is 2.65 bits per heavy atom. The number of nitrogens with zero attached hydrogens (tertiary/aromatic N) is 2. The topological polar surface area (TPSA) is 79.0 Å². The van der Waals surface area contributed by atoms with Crippen molar-refractivity contribution in [3.05, 3.63) is 29.3 Å². The van der Waals surface area contributed by atoms with Crippen LogP contribution in [0.3, 0.4) is 0 Å². The highest BCUT2D eigenvalue weighted by Crippen LogP contribution is 2.21. The van der Waals surface area contributed by atoms with Crippen molar-refractivity contribution in [3.8, 4) is 0 Å². The second-order valence-electron chi connectivity index (χ2n) is 7.03. The number of aryl methyl sites for hydroxylation is 1. The molecule has 0 saturated carbocycles. The summed E-state index contributed by atoms with van der Waals surface area (Å²) < 4.78 is 32.8. The molecular weight excluding hydrogens is 354 g/mol. The summed E-state index contributed by atoms with van der Waals surface area (Å²) >= 11 is 0. The molecule has 8 heteroatoms. The Bertz CT molecular complexity index is 752. The quantitative estimate of drug-likeness (QED) is 0.818. The molecule has 2 saturated heterocycles. The van der Waals surface area contributed by atoms with Gasteiger partial charge < -0.3 is 15.0 Å². The number of carbonyl (C=O) groups is 1. The number of benzene rings is 1. The van der Waals surface area contributed by atoms with Gasteiger partial charge >= 0.3 is 0 Å². The maximum atomic E-state index is 12.9. The number of amides is 1. The van der Waals surface area contributed by atoms with Crippen molar-refractivity contribution >= 4 is 15.9 Å². The van der Waals surface area contributed by atoms with Crippen molar-refractivity contribution in [1.29, 1.82) is 0 Å². The minimum atomic E-state index is -3.59. The molecule has 0 spiro atoms. The van der Waals surface area contributed by atoms with E-state index in [1.807, 2.05) is 14.0 Å². The van der Waals surface area contributed by atoms with Gasteiger partial charge in [-0.05, 0) is 44.5 Å². The average molecular weight is 381 g/mol. The van der Waals surface area contributed by atoms with Crippen LogP contribution in [0, 0.1) is 6.92 Å². The normalized spacial score (nSPS) is 22.5. The number of sulfonamides is 1. The number of nitrogens with one attached hydrogen (secondary N) is 1. The predicted octanol–water partition coefficient (Wildman–Crippen LogP) is 0.840. The fraction of sp³-hybridized carbons (Fsp3) is 0.611. The number of ether oxygens (including phenoxy) is 1. The maximum Gasteiger partial charge on any atom is 0.251 e. The molecule has 1 aromatic rings. The van der Waals surface area contributed by atoms with Gasteiger partial charge in [0.15, 0.2) is 0 Å². The summed E-state index contributed by atoms with van der Waals surface area (Å²) in [4.78, 5) is 14.8. The van der Waals surface area contributed by atoms with Gasteiger partial charge in [-0.15, -0.1) is 0 Å². The molecule has 2 aliphatic heterocycles. The fourth-order valence-corrected chi connectivity index (χ4v) is 4.74. The van der Waals surface area contributed by atoms with Crippen LogP contribution in [0.5, 0.6) is 0 Å². The zero-order valence-corrected chi connectivity index (χ0v) is 16.2. The predicted molar refractivity (Wildman–Crippen MR) is 98.7 cm³/mol. The Morgan fingerprint density at radius 2 is 2.00 bits per heavy atom. The third-order valence-electron chi connectivity index (χ3n) is 5.07. The first-order valence-electron chi connectivity index (χ1n) is 9.07. The number of likely N-dealkylation sites (N-methyl/N-ethyl adjacent to an activating group) is 1. The van der Waals surface area contributed by atoms with Crippen LogP contribution < -0.4 is 5.32 Å². The molecule has 1 N–H and O–H groups in total. The van der Waals surface area contributed by atoms with Gasteiger partial charge in [0.25, 0.3) is 5.91 Å². The summed E-state index contributed by atoms with van der Waals surface area (Å²) in [6, 6.07) is 4.78. The smallest absolute Gasteiger partial charge is 0.251 e. The molecule has 2 heterocycles. The van der Waals surface area contributed by atoms with Crippen LogP contribution in [-0.4, -0.2) is 76.0 Å². The highest BCUT2D eigenvalue weighted by Gasteiger charge is 2.28. The van der Waals surface area contributed by atoms with E-state index in [0.717, 1.165) is 25.0 Å². The average Bonchev–Trinajstić information content (AvgIpc) is 3.14. The third kappa shape index (κ3) is 4.25. The molecule has 0 bridgehead atoms. The van der Waals surface area contributed by atoms with Crippen molar-refractivity contribution in [2.24, 2.45) is 0 Å². The Hall–Kier alpha value is -1.48. The largest absolute Gasteiger partial charge is 0.376 e. The van der Waals surface area contributed by atoms with Gasteiger partial charge in [-0.1, -0.05) is 6.07 Å². The van der Waals surface area contributed by atoms with Crippen LogP contribution in [0.15, 0.2) is 23.1 Å².